The summed E-state index contributed by atoms with van der Waals surface area (Å²) in [6.07, 6.45) is -4.05. The Hall–Kier alpha value is -3.67. The molecule has 11 nitrogen and oxygen atoms in total. The smallest absolute Gasteiger partial charge is 0.343 e. The fourth-order valence-corrected chi connectivity index (χ4v) is 4.90. The molecule has 1 aliphatic carbocycles. The molecular formula is C24H24O11. The lowest BCUT2D eigenvalue weighted by atomic mass is 9.75. The maximum atomic E-state index is 12.9. The van der Waals surface area contributed by atoms with Crippen molar-refractivity contribution >= 4 is 28.5 Å². The zero-order valence-corrected chi connectivity index (χ0v) is 19.6. The maximum absolute atomic E-state index is 12.9. The van der Waals surface area contributed by atoms with Crippen LogP contribution in [-0.2, 0) is 23.7 Å². The van der Waals surface area contributed by atoms with Crippen LogP contribution in [0.5, 0.6) is 11.5 Å². The predicted molar refractivity (Wildman–Crippen MR) is 118 cm³/mol. The normalized spacial score (nSPS) is 25.7. The molecule has 2 aliphatic rings. The summed E-state index contributed by atoms with van der Waals surface area (Å²) in [4.78, 5) is 37.9. The molecule has 0 radical (unpaired) electrons. The number of ketones is 1. The van der Waals surface area contributed by atoms with Gasteiger partial charge in [0.25, 0.3) is 0 Å². The first-order valence-corrected chi connectivity index (χ1v) is 10.5. The van der Waals surface area contributed by atoms with Crippen molar-refractivity contribution in [1.29, 1.82) is 0 Å². The fourth-order valence-electron chi connectivity index (χ4n) is 4.90. The second-order valence-corrected chi connectivity index (χ2v) is 8.20. The number of aryl methyl sites for hydroxylation is 1. The van der Waals surface area contributed by atoms with Crippen molar-refractivity contribution in [2.75, 3.05) is 28.4 Å². The van der Waals surface area contributed by atoms with E-state index in [9.17, 15) is 29.7 Å². The minimum atomic E-state index is -2.49. The molecule has 4 atom stereocenters. The Kier molecular flexibility index (Phi) is 5.95. The van der Waals surface area contributed by atoms with Gasteiger partial charge in [-0.05, 0) is 30.0 Å². The largest absolute Gasteiger partial charge is 0.506 e. The lowest BCUT2D eigenvalue weighted by molar-refractivity contribution is -0.208. The molecule has 0 aromatic heterocycles. The molecule has 0 saturated heterocycles. The number of aliphatic hydroxyl groups is 2. The molecule has 35 heavy (non-hydrogen) atoms. The number of hydrogen-bond acceptors (Lipinski definition) is 11. The number of cyclic esters (lactones) is 1. The highest BCUT2D eigenvalue weighted by Gasteiger charge is 2.61. The first-order chi connectivity index (χ1) is 16.6. The van der Waals surface area contributed by atoms with E-state index in [0.29, 0.717) is 5.39 Å². The minimum absolute atomic E-state index is 0.000948. The summed E-state index contributed by atoms with van der Waals surface area (Å²) in [6.45, 7) is 1.55. The van der Waals surface area contributed by atoms with E-state index in [1.807, 2.05) is 0 Å². The molecule has 2 aromatic carbocycles. The monoisotopic (exact) mass is 488 g/mol. The van der Waals surface area contributed by atoms with Gasteiger partial charge in [-0.3, -0.25) is 4.79 Å². The van der Waals surface area contributed by atoms with Crippen LogP contribution in [-0.4, -0.2) is 79.3 Å². The second kappa shape index (κ2) is 8.52. The van der Waals surface area contributed by atoms with Gasteiger partial charge in [0, 0.05) is 24.1 Å². The van der Waals surface area contributed by atoms with E-state index < -0.39 is 47.4 Å². The number of phenols is 1. The average molecular weight is 488 g/mol. The van der Waals surface area contributed by atoms with Gasteiger partial charge < -0.3 is 39.0 Å². The molecule has 1 aliphatic heterocycles. The van der Waals surface area contributed by atoms with Crippen LogP contribution in [0, 0.1) is 6.92 Å². The van der Waals surface area contributed by atoms with Gasteiger partial charge in [0.2, 0.25) is 0 Å². The second-order valence-electron chi connectivity index (χ2n) is 8.20. The lowest BCUT2D eigenvalue weighted by Crippen LogP contribution is -2.62. The van der Waals surface area contributed by atoms with Crippen LogP contribution >= 0.6 is 0 Å². The summed E-state index contributed by atoms with van der Waals surface area (Å²) in [7, 11) is 4.91. The molecule has 0 bridgehead atoms. The van der Waals surface area contributed by atoms with E-state index in [2.05, 4.69) is 0 Å². The Labute approximate surface area is 199 Å². The molecule has 0 saturated carbocycles. The number of aliphatic hydroxyl groups excluding tert-OH is 1. The molecule has 2 aromatic rings. The number of carbonyl (C=O) groups is 3. The number of benzene rings is 2. The highest BCUT2D eigenvalue weighted by Crippen LogP contribution is 2.50. The predicted octanol–water partition coefficient (Wildman–Crippen LogP) is 1.08. The molecule has 4 rings (SSSR count). The zero-order valence-electron chi connectivity index (χ0n) is 19.6. The van der Waals surface area contributed by atoms with Gasteiger partial charge in [-0.2, -0.15) is 0 Å². The van der Waals surface area contributed by atoms with Gasteiger partial charge in [-0.25, -0.2) is 9.59 Å². The third kappa shape index (κ3) is 3.27. The van der Waals surface area contributed by atoms with E-state index in [0.717, 1.165) is 13.2 Å². The van der Waals surface area contributed by atoms with Crippen molar-refractivity contribution in [1.82, 2.24) is 0 Å². The van der Waals surface area contributed by atoms with Crippen LogP contribution in [0.3, 0.4) is 0 Å². The molecule has 0 amide bonds. The molecule has 0 spiro atoms. The molecule has 0 unspecified atom stereocenters. The number of aromatic hydroxyl groups is 1. The molecule has 0 fully saturated rings. The van der Waals surface area contributed by atoms with Crippen LogP contribution in [0.4, 0.5) is 0 Å². The van der Waals surface area contributed by atoms with Gasteiger partial charge in [-0.1, -0.05) is 0 Å². The highest BCUT2D eigenvalue weighted by molar-refractivity contribution is 6.09. The highest BCUT2D eigenvalue weighted by atomic mass is 16.6. The van der Waals surface area contributed by atoms with Crippen LogP contribution in [0.25, 0.3) is 10.8 Å². The van der Waals surface area contributed by atoms with Gasteiger partial charge in [0.15, 0.2) is 23.6 Å². The quantitative estimate of drug-likeness (QED) is 0.517. The summed E-state index contributed by atoms with van der Waals surface area (Å²) >= 11 is 0. The van der Waals surface area contributed by atoms with E-state index in [4.69, 9.17) is 23.7 Å². The number of phenolic OH excluding ortho intramolecular Hbond substituents is 1. The van der Waals surface area contributed by atoms with Crippen molar-refractivity contribution in [3.63, 3.8) is 0 Å². The van der Waals surface area contributed by atoms with Gasteiger partial charge in [-0.15, -0.1) is 0 Å². The summed E-state index contributed by atoms with van der Waals surface area (Å²) in [5.74, 6) is -3.04. The average Bonchev–Trinajstić information content (AvgIpc) is 3.17. The summed E-state index contributed by atoms with van der Waals surface area (Å²) < 4.78 is 25.8. The van der Waals surface area contributed by atoms with Gasteiger partial charge in [0.05, 0.1) is 21.3 Å². The summed E-state index contributed by atoms with van der Waals surface area (Å²) in [5.41, 5.74) is -2.43. The van der Waals surface area contributed by atoms with Crippen molar-refractivity contribution in [2.24, 2.45) is 0 Å². The minimum Gasteiger partial charge on any atom is -0.506 e. The molecule has 11 heteroatoms. The van der Waals surface area contributed by atoms with Crippen LogP contribution < -0.4 is 4.74 Å². The van der Waals surface area contributed by atoms with Crippen molar-refractivity contribution in [3.05, 3.63) is 46.2 Å². The Morgan fingerprint density at radius 2 is 1.80 bits per heavy atom. The molecular weight excluding hydrogens is 464 g/mol. The first-order valence-electron chi connectivity index (χ1n) is 10.5. The number of methoxy groups -OCH3 is 4. The zero-order chi connectivity index (χ0) is 25.8. The Bertz CT molecular complexity index is 1290. The van der Waals surface area contributed by atoms with Crippen molar-refractivity contribution in [3.8, 4) is 11.5 Å². The number of carbonyl (C=O) groups excluding carboxylic acids is 3. The number of esters is 2. The fraction of sp³-hybridized carbons (Fsp3) is 0.375. The molecule has 1 heterocycles. The van der Waals surface area contributed by atoms with Crippen LogP contribution in [0.1, 0.15) is 37.9 Å². The molecule has 186 valence electrons. The Morgan fingerprint density at radius 3 is 2.37 bits per heavy atom. The first kappa shape index (κ1) is 24.5. The standard InChI is InChI=1S/C24H24O11/c1-9-15-10(7-13(31-2)16(9)22(28)34-5)6-11-17(18(15)26)23(29)35-20(11)24(30)19(27)14(32-3)8-12(25)21(24)33-4/h6-8,19-21,26-27,30H,1-5H3/t19-,20+,21+,24+/m1/s1. The Balaban J connectivity index is 2.01. The van der Waals surface area contributed by atoms with E-state index >= 15 is 0 Å². The third-order valence-corrected chi connectivity index (χ3v) is 6.53. The maximum Gasteiger partial charge on any atom is 0.343 e. The SMILES string of the molecule is COC(=O)c1c(OC)cc2cc3c(c(O)c2c1C)C(=O)O[C@@H]3[C@@]1(O)[C@H](O)C(OC)=CC(=O)[C@@H]1OC. The van der Waals surface area contributed by atoms with Crippen LogP contribution in [0.2, 0.25) is 0 Å². The van der Waals surface area contributed by atoms with Crippen molar-refractivity contribution < 1.29 is 53.4 Å². The van der Waals surface area contributed by atoms with E-state index in [1.54, 1.807) is 6.92 Å². The number of ether oxygens (including phenoxy) is 5. The van der Waals surface area contributed by atoms with Gasteiger partial charge in [0.1, 0.15) is 34.5 Å². The Morgan fingerprint density at radius 1 is 1.11 bits per heavy atom. The number of hydrogen-bond donors (Lipinski definition) is 3. The number of fused-ring (bicyclic) bond motifs is 2. The third-order valence-electron chi connectivity index (χ3n) is 6.53. The summed E-state index contributed by atoms with van der Waals surface area (Å²) in [6, 6.07) is 2.90. The van der Waals surface area contributed by atoms with E-state index in [-0.39, 0.29) is 39.1 Å². The topological polar surface area (TPSA) is 158 Å². The molecule has 3 N–H and O–H groups in total. The summed E-state index contributed by atoms with van der Waals surface area (Å²) in [5, 5.41) is 34.2. The number of rotatable bonds is 5. The van der Waals surface area contributed by atoms with Gasteiger partial charge >= 0.3 is 11.9 Å². The van der Waals surface area contributed by atoms with E-state index in [1.165, 1.54) is 33.5 Å². The van der Waals surface area contributed by atoms with Crippen molar-refractivity contribution in [2.45, 2.75) is 30.8 Å². The lowest BCUT2D eigenvalue weighted by Gasteiger charge is -2.43. The van der Waals surface area contributed by atoms with Crippen LogP contribution in [0.15, 0.2) is 24.0 Å².